The highest BCUT2D eigenvalue weighted by molar-refractivity contribution is 6.31. The van der Waals surface area contributed by atoms with Crippen molar-refractivity contribution < 1.29 is 32.0 Å². The smallest absolute Gasteiger partial charge is 0.418 e. The first-order valence-corrected chi connectivity index (χ1v) is 10.6. The molecule has 35 heavy (non-hydrogen) atoms. The predicted molar refractivity (Wildman–Crippen MR) is 121 cm³/mol. The van der Waals surface area contributed by atoms with Gasteiger partial charge in [0.2, 0.25) is 12.1 Å². The lowest BCUT2D eigenvalue weighted by Crippen LogP contribution is -2.56. The Morgan fingerprint density at radius 2 is 1.77 bits per heavy atom. The molecule has 0 radical (unpaired) electrons. The molecule has 13 heteroatoms. The summed E-state index contributed by atoms with van der Waals surface area (Å²) in [6.07, 6.45) is -6.11. The number of halogens is 5. The summed E-state index contributed by atoms with van der Waals surface area (Å²) in [4.78, 5) is 26.2. The van der Waals surface area contributed by atoms with Gasteiger partial charge in [-0.15, -0.1) is 0 Å². The van der Waals surface area contributed by atoms with Gasteiger partial charge in [-0.25, -0.2) is 9.18 Å². The molecule has 192 valence electrons. The molecule has 0 saturated carbocycles. The maximum Gasteiger partial charge on any atom is 0.418 e. The number of nitrogens with one attached hydrogen (secondary N) is 1. The molecule has 1 atom stereocenters. The lowest BCUT2D eigenvalue weighted by atomic mass is 9.87. The summed E-state index contributed by atoms with van der Waals surface area (Å²) in [7, 11) is 0. The third-order valence-electron chi connectivity index (χ3n) is 4.92. The highest BCUT2D eigenvalue weighted by Crippen LogP contribution is 2.39. The van der Waals surface area contributed by atoms with Gasteiger partial charge in [-0.3, -0.25) is 15.1 Å². The van der Waals surface area contributed by atoms with Gasteiger partial charge in [0.05, 0.1) is 21.9 Å². The largest absolute Gasteiger partial charge is 0.444 e. The monoisotopic (exact) mass is 520 g/mol. The summed E-state index contributed by atoms with van der Waals surface area (Å²) >= 11 is 5.82. The van der Waals surface area contributed by atoms with E-state index in [4.69, 9.17) is 22.1 Å². The summed E-state index contributed by atoms with van der Waals surface area (Å²) in [6.45, 7) is 6.16. The first-order chi connectivity index (χ1) is 15.7. The van der Waals surface area contributed by atoms with Crippen molar-refractivity contribution in [1.82, 2.24) is 10.3 Å². The molecule has 2 aromatic rings. The van der Waals surface area contributed by atoms with Crippen LogP contribution in [0, 0.1) is 15.9 Å². The average Bonchev–Trinajstić information content (AvgIpc) is 2.66. The van der Waals surface area contributed by atoms with Gasteiger partial charge in [-0.2, -0.15) is 13.2 Å². The summed E-state index contributed by atoms with van der Waals surface area (Å²) < 4.78 is 60.9. The standard InChI is InChI=1S/C22H25ClF4N4O4/c1-19(2,3)35-18(32)30-20(4,5)13-9-16(12-6-7-15(24)14(23)8-12)29-17(10-13)21(28,11-31(33)34)22(25,26)27/h6-10H,11,28H2,1-5H3,(H,30,32). The molecule has 0 bridgehead atoms. The third kappa shape index (κ3) is 6.79. The Balaban J connectivity index is 2.75. The van der Waals surface area contributed by atoms with Gasteiger partial charge in [0.25, 0.3) is 0 Å². The van der Waals surface area contributed by atoms with Crippen LogP contribution in [0.4, 0.5) is 22.4 Å². The predicted octanol–water partition coefficient (Wildman–Crippen LogP) is 5.29. The highest BCUT2D eigenvalue weighted by atomic mass is 35.5. The lowest BCUT2D eigenvalue weighted by molar-refractivity contribution is -0.501. The van der Waals surface area contributed by atoms with Gasteiger partial charge in [-0.1, -0.05) is 11.6 Å². The molecule has 2 rings (SSSR count). The number of amides is 1. The molecule has 3 N–H and O–H groups in total. The number of alkyl carbamates (subject to hydrolysis) is 1. The number of benzene rings is 1. The van der Waals surface area contributed by atoms with Crippen LogP contribution in [-0.4, -0.2) is 34.3 Å². The van der Waals surface area contributed by atoms with Crippen LogP contribution < -0.4 is 11.1 Å². The van der Waals surface area contributed by atoms with Crippen LogP contribution in [0.2, 0.25) is 5.02 Å². The van der Waals surface area contributed by atoms with Crippen molar-refractivity contribution >= 4 is 17.7 Å². The van der Waals surface area contributed by atoms with Crippen molar-refractivity contribution in [3.63, 3.8) is 0 Å². The molecular formula is C22H25ClF4N4O4. The van der Waals surface area contributed by atoms with Crippen LogP contribution in [0.3, 0.4) is 0 Å². The van der Waals surface area contributed by atoms with E-state index in [1.54, 1.807) is 20.8 Å². The van der Waals surface area contributed by atoms with Gasteiger partial charge >= 0.3 is 12.3 Å². The van der Waals surface area contributed by atoms with Crippen LogP contribution in [-0.2, 0) is 15.8 Å². The minimum absolute atomic E-state index is 0.0752. The summed E-state index contributed by atoms with van der Waals surface area (Å²) in [5, 5.41) is 13.3. The molecule has 1 heterocycles. The number of carbonyl (C=O) groups is 1. The molecule has 1 aromatic heterocycles. The second-order valence-electron chi connectivity index (χ2n) is 9.47. The Kier molecular flexibility index (Phi) is 7.73. The zero-order chi connectivity index (χ0) is 27.0. The molecule has 0 aliphatic heterocycles. The van der Waals surface area contributed by atoms with E-state index in [-0.39, 0.29) is 21.8 Å². The van der Waals surface area contributed by atoms with E-state index in [2.05, 4.69) is 10.3 Å². The molecular weight excluding hydrogens is 496 g/mol. The summed E-state index contributed by atoms with van der Waals surface area (Å²) in [5.41, 5.74) is -0.891. The Morgan fingerprint density at radius 1 is 1.17 bits per heavy atom. The van der Waals surface area contributed by atoms with E-state index in [1.807, 2.05) is 0 Å². The molecule has 0 saturated heterocycles. The maximum absolute atomic E-state index is 14.0. The fraction of sp³-hybridized carbons (Fsp3) is 0.455. The summed E-state index contributed by atoms with van der Waals surface area (Å²) in [6, 6.07) is 5.63. The van der Waals surface area contributed by atoms with E-state index in [9.17, 15) is 32.5 Å². The Morgan fingerprint density at radius 3 is 2.26 bits per heavy atom. The topological polar surface area (TPSA) is 120 Å². The molecule has 0 spiro atoms. The minimum atomic E-state index is -5.26. The second kappa shape index (κ2) is 9.57. The van der Waals surface area contributed by atoms with E-state index in [0.717, 1.165) is 18.2 Å². The van der Waals surface area contributed by atoms with Crippen molar-refractivity contribution in [1.29, 1.82) is 0 Å². The zero-order valence-electron chi connectivity index (χ0n) is 19.6. The number of hydrogen-bond acceptors (Lipinski definition) is 6. The van der Waals surface area contributed by atoms with Crippen molar-refractivity contribution in [3.05, 3.63) is 62.5 Å². The fourth-order valence-corrected chi connectivity index (χ4v) is 3.25. The number of rotatable bonds is 6. The number of ether oxygens (including phenoxy) is 1. The van der Waals surface area contributed by atoms with Crippen LogP contribution in [0.5, 0.6) is 0 Å². The van der Waals surface area contributed by atoms with E-state index in [0.29, 0.717) is 0 Å². The number of aromatic nitrogens is 1. The van der Waals surface area contributed by atoms with Crippen LogP contribution in [0.15, 0.2) is 30.3 Å². The van der Waals surface area contributed by atoms with Gasteiger partial charge in [0.15, 0.2) is 0 Å². The van der Waals surface area contributed by atoms with Gasteiger partial charge in [0, 0.05) is 10.5 Å². The van der Waals surface area contributed by atoms with E-state index >= 15 is 0 Å². The fourth-order valence-electron chi connectivity index (χ4n) is 3.07. The van der Waals surface area contributed by atoms with Crippen molar-refractivity contribution in [2.45, 2.75) is 57.5 Å². The SMILES string of the molecule is CC(C)(C)OC(=O)NC(C)(C)c1cc(-c2ccc(F)c(Cl)c2)nc(C(N)(C[N+](=O)[O-])C(F)(F)F)c1. The van der Waals surface area contributed by atoms with Crippen LogP contribution in [0.25, 0.3) is 11.3 Å². The number of carbonyl (C=O) groups excluding carboxylic acids is 1. The Hall–Kier alpha value is -2.99. The summed E-state index contributed by atoms with van der Waals surface area (Å²) in [5.74, 6) is -0.768. The molecule has 8 nitrogen and oxygen atoms in total. The zero-order valence-corrected chi connectivity index (χ0v) is 20.3. The van der Waals surface area contributed by atoms with E-state index in [1.165, 1.54) is 26.0 Å². The van der Waals surface area contributed by atoms with E-state index < -0.39 is 51.9 Å². The average molecular weight is 521 g/mol. The Bertz CT molecular complexity index is 1140. The number of nitrogens with zero attached hydrogens (tertiary/aromatic N) is 2. The molecule has 1 amide bonds. The van der Waals surface area contributed by atoms with Gasteiger partial charge in [-0.05, 0) is 70.5 Å². The third-order valence-corrected chi connectivity index (χ3v) is 5.21. The highest BCUT2D eigenvalue weighted by Gasteiger charge is 2.58. The van der Waals surface area contributed by atoms with Crippen molar-refractivity contribution in [2.24, 2.45) is 5.73 Å². The van der Waals surface area contributed by atoms with Crippen molar-refractivity contribution in [2.75, 3.05) is 6.54 Å². The van der Waals surface area contributed by atoms with Gasteiger partial charge < -0.3 is 15.8 Å². The van der Waals surface area contributed by atoms with Crippen LogP contribution in [0.1, 0.15) is 45.9 Å². The Labute approximate surface area is 204 Å². The molecule has 1 unspecified atom stereocenters. The number of pyridine rings is 1. The van der Waals surface area contributed by atoms with Crippen molar-refractivity contribution in [3.8, 4) is 11.3 Å². The maximum atomic E-state index is 14.0. The second-order valence-corrected chi connectivity index (χ2v) is 9.87. The number of hydrogen-bond donors (Lipinski definition) is 2. The minimum Gasteiger partial charge on any atom is -0.444 e. The molecule has 0 fully saturated rings. The number of alkyl halides is 3. The quantitative estimate of drug-likeness (QED) is 0.303. The molecule has 0 aliphatic carbocycles. The number of nitro groups is 1. The van der Waals surface area contributed by atoms with Crippen LogP contribution >= 0.6 is 11.6 Å². The molecule has 0 aliphatic rings. The first kappa shape index (κ1) is 28.2. The lowest BCUT2D eigenvalue weighted by Gasteiger charge is -2.32. The normalized spacial score (nSPS) is 14.3. The first-order valence-electron chi connectivity index (χ1n) is 10.2. The number of nitrogens with two attached hydrogens (primary N) is 1. The van der Waals surface area contributed by atoms with Gasteiger partial charge in [0.1, 0.15) is 11.4 Å². The molecule has 1 aromatic carbocycles.